The van der Waals surface area contributed by atoms with Crippen LogP contribution in [0.4, 0.5) is 0 Å². The van der Waals surface area contributed by atoms with Crippen molar-refractivity contribution in [3.63, 3.8) is 0 Å². The summed E-state index contributed by atoms with van der Waals surface area (Å²) in [4.78, 5) is 15.0. The summed E-state index contributed by atoms with van der Waals surface area (Å²) in [6.45, 7) is 2.62. The number of aromatic hydroxyl groups is 1. The van der Waals surface area contributed by atoms with Gasteiger partial charge >= 0.3 is 0 Å². The Morgan fingerprint density at radius 1 is 1.14 bits per heavy atom. The number of carbonyl (C=O) groups excluding carboxylic acids is 1. The number of carbonyl (C=O) groups is 1. The van der Waals surface area contributed by atoms with Crippen molar-refractivity contribution in [3.05, 3.63) is 59.3 Å². The number of aromatic amines is 1. The van der Waals surface area contributed by atoms with E-state index in [1.54, 1.807) is 12.1 Å². The maximum Gasteiger partial charge on any atom is 0.273 e. The van der Waals surface area contributed by atoms with E-state index in [1.807, 2.05) is 42.2 Å². The number of benzene rings is 2. The third kappa shape index (κ3) is 2.99. The highest BCUT2D eigenvalue weighted by molar-refractivity contribution is 6.00. The molecule has 1 unspecified atom stereocenters. The van der Waals surface area contributed by atoms with Crippen LogP contribution < -0.4 is 9.47 Å². The second-order valence-electron chi connectivity index (χ2n) is 6.90. The number of fused-ring (bicyclic) bond motifs is 1. The molecule has 29 heavy (non-hydrogen) atoms. The number of amides is 1. The molecular weight excluding hydrogens is 370 g/mol. The van der Waals surface area contributed by atoms with E-state index in [4.69, 9.17) is 9.47 Å². The number of ether oxygens (including phenoxy) is 2. The van der Waals surface area contributed by atoms with Gasteiger partial charge in [0.2, 0.25) is 5.75 Å². The summed E-state index contributed by atoms with van der Waals surface area (Å²) < 4.78 is 10.7. The number of rotatable bonds is 6. The van der Waals surface area contributed by atoms with E-state index in [-0.39, 0.29) is 17.7 Å². The summed E-state index contributed by atoms with van der Waals surface area (Å²) >= 11 is 0. The van der Waals surface area contributed by atoms with Gasteiger partial charge in [-0.1, -0.05) is 37.3 Å². The zero-order valence-corrected chi connectivity index (χ0v) is 16.6. The predicted molar refractivity (Wildman–Crippen MR) is 108 cm³/mol. The Hall–Kier alpha value is -3.48. The van der Waals surface area contributed by atoms with E-state index >= 15 is 0 Å². The van der Waals surface area contributed by atoms with Gasteiger partial charge in [0.05, 0.1) is 26.0 Å². The molecule has 0 radical (unpaired) electrons. The quantitative estimate of drug-likeness (QED) is 0.666. The van der Waals surface area contributed by atoms with Gasteiger partial charge in [-0.3, -0.25) is 9.89 Å². The Bertz CT molecular complexity index is 1020. The van der Waals surface area contributed by atoms with Crippen LogP contribution in [-0.2, 0) is 0 Å². The van der Waals surface area contributed by atoms with Crippen LogP contribution in [0.3, 0.4) is 0 Å². The molecule has 0 aliphatic carbocycles. The number of phenols is 1. The molecule has 4 rings (SSSR count). The topological polar surface area (TPSA) is 87.7 Å². The van der Waals surface area contributed by atoms with E-state index in [0.717, 1.165) is 28.8 Å². The minimum absolute atomic E-state index is 0.0687. The summed E-state index contributed by atoms with van der Waals surface area (Å²) in [6.07, 6.45) is 0.812. The number of hydrogen-bond donors (Lipinski definition) is 2. The molecule has 2 N–H and O–H groups in total. The number of nitrogens with one attached hydrogen (secondary N) is 1. The van der Waals surface area contributed by atoms with Crippen molar-refractivity contribution >= 4 is 5.91 Å². The van der Waals surface area contributed by atoms with Crippen molar-refractivity contribution in [2.24, 2.45) is 0 Å². The Kier molecular flexibility index (Phi) is 4.88. The summed E-state index contributed by atoms with van der Waals surface area (Å²) in [7, 11) is 2.97. The van der Waals surface area contributed by atoms with Crippen molar-refractivity contribution in [3.8, 4) is 28.5 Å². The molecule has 3 aromatic rings. The second-order valence-corrected chi connectivity index (χ2v) is 6.90. The van der Waals surface area contributed by atoms with Crippen molar-refractivity contribution < 1.29 is 19.4 Å². The molecule has 1 amide bonds. The van der Waals surface area contributed by atoms with Gasteiger partial charge in [-0.25, -0.2) is 0 Å². The van der Waals surface area contributed by atoms with Crippen LogP contribution >= 0.6 is 0 Å². The number of nitrogens with zero attached hydrogens (tertiary/aromatic N) is 2. The van der Waals surface area contributed by atoms with Crippen LogP contribution in [0.2, 0.25) is 0 Å². The van der Waals surface area contributed by atoms with Gasteiger partial charge in [0.1, 0.15) is 5.69 Å². The number of aromatic nitrogens is 2. The lowest BCUT2D eigenvalue weighted by molar-refractivity contribution is 0.0743. The molecule has 0 saturated heterocycles. The normalized spacial score (nSPS) is 15.5. The monoisotopic (exact) mass is 393 g/mol. The number of methoxy groups -OCH3 is 2. The summed E-state index contributed by atoms with van der Waals surface area (Å²) in [5.74, 6) is 0.427. The van der Waals surface area contributed by atoms with Crippen molar-refractivity contribution in [1.29, 1.82) is 0 Å². The molecule has 1 aromatic heterocycles. The summed E-state index contributed by atoms with van der Waals surface area (Å²) in [5, 5.41) is 17.7. The van der Waals surface area contributed by atoms with Crippen LogP contribution in [0.1, 0.15) is 41.0 Å². The number of phenolic OH excluding ortho intramolecular Hbond substituents is 1. The lowest BCUT2D eigenvalue weighted by atomic mass is 9.95. The summed E-state index contributed by atoms with van der Waals surface area (Å²) in [5.41, 5.74) is 3.77. The first-order valence-corrected chi connectivity index (χ1v) is 9.50. The minimum Gasteiger partial charge on any atom is -0.502 e. The largest absolute Gasteiger partial charge is 0.502 e. The highest BCUT2D eigenvalue weighted by Crippen LogP contribution is 2.46. The first kappa shape index (κ1) is 18.9. The predicted octanol–water partition coefficient (Wildman–Crippen LogP) is 3.75. The maximum absolute atomic E-state index is 13.1. The van der Waals surface area contributed by atoms with Crippen molar-refractivity contribution in [1.82, 2.24) is 15.1 Å². The third-order valence-corrected chi connectivity index (χ3v) is 5.19. The number of H-pyrrole nitrogens is 1. The molecule has 7 heteroatoms. The molecule has 0 bridgehead atoms. The van der Waals surface area contributed by atoms with E-state index in [2.05, 4.69) is 10.2 Å². The molecule has 150 valence electrons. The van der Waals surface area contributed by atoms with Gasteiger partial charge < -0.3 is 19.5 Å². The van der Waals surface area contributed by atoms with Gasteiger partial charge in [0, 0.05) is 17.7 Å². The average molecular weight is 393 g/mol. The third-order valence-electron chi connectivity index (χ3n) is 5.19. The fourth-order valence-electron chi connectivity index (χ4n) is 3.90. The van der Waals surface area contributed by atoms with Crippen LogP contribution in [0.25, 0.3) is 11.3 Å². The Balaban J connectivity index is 1.93. The van der Waals surface area contributed by atoms with Gasteiger partial charge in [-0.2, -0.15) is 5.10 Å². The van der Waals surface area contributed by atoms with E-state index in [1.165, 1.54) is 14.2 Å². The molecule has 2 aromatic carbocycles. The van der Waals surface area contributed by atoms with E-state index < -0.39 is 0 Å². The molecule has 0 saturated carbocycles. The molecule has 1 aliphatic rings. The van der Waals surface area contributed by atoms with Crippen molar-refractivity contribution in [2.45, 2.75) is 19.4 Å². The first-order chi connectivity index (χ1) is 14.1. The molecule has 0 fully saturated rings. The van der Waals surface area contributed by atoms with Gasteiger partial charge in [-0.15, -0.1) is 0 Å². The second kappa shape index (κ2) is 7.50. The van der Waals surface area contributed by atoms with Gasteiger partial charge in [-0.05, 0) is 24.1 Å². The fourth-order valence-corrected chi connectivity index (χ4v) is 3.90. The fraction of sp³-hybridized carbons (Fsp3) is 0.273. The van der Waals surface area contributed by atoms with Gasteiger partial charge in [0.15, 0.2) is 11.5 Å². The van der Waals surface area contributed by atoms with Crippen LogP contribution in [0, 0.1) is 0 Å². The average Bonchev–Trinajstić information content (AvgIpc) is 3.29. The van der Waals surface area contributed by atoms with Crippen LogP contribution in [0.15, 0.2) is 42.5 Å². The molecule has 1 atom stereocenters. The molecule has 0 spiro atoms. The maximum atomic E-state index is 13.1. The van der Waals surface area contributed by atoms with Crippen LogP contribution in [0.5, 0.6) is 17.2 Å². The van der Waals surface area contributed by atoms with Crippen LogP contribution in [-0.4, -0.2) is 46.9 Å². The zero-order valence-electron chi connectivity index (χ0n) is 16.6. The van der Waals surface area contributed by atoms with Gasteiger partial charge in [0.25, 0.3) is 5.91 Å². The lowest BCUT2D eigenvalue weighted by Crippen LogP contribution is -2.30. The smallest absolute Gasteiger partial charge is 0.273 e. The molecule has 7 nitrogen and oxygen atoms in total. The Labute approximate surface area is 168 Å². The standard InChI is InChI=1S/C22H23N3O4/c1-4-10-25-20(14-11-15(28-2)21(26)16(12-14)29-3)17-18(13-8-6-5-7-9-13)23-24-19(17)22(25)27/h5-9,11-12,20,26H,4,10H2,1-3H3,(H,23,24). The minimum atomic E-state index is -0.366. The Morgan fingerprint density at radius 2 is 1.79 bits per heavy atom. The first-order valence-electron chi connectivity index (χ1n) is 9.50. The molecule has 1 aliphatic heterocycles. The SMILES string of the molecule is CCCN1C(=O)c2[nH]nc(-c3ccccc3)c2C1c1cc(OC)c(O)c(OC)c1. The van der Waals surface area contributed by atoms with E-state index in [0.29, 0.717) is 23.7 Å². The lowest BCUT2D eigenvalue weighted by Gasteiger charge is -2.26. The Morgan fingerprint density at radius 3 is 2.38 bits per heavy atom. The zero-order chi connectivity index (χ0) is 20.5. The molecule has 2 heterocycles. The highest BCUT2D eigenvalue weighted by atomic mass is 16.5. The molecular formula is C22H23N3O4. The summed E-state index contributed by atoms with van der Waals surface area (Å²) in [6, 6.07) is 12.9. The number of hydrogen-bond acceptors (Lipinski definition) is 5. The van der Waals surface area contributed by atoms with E-state index in [9.17, 15) is 9.90 Å². The highest BCUT2D eigenvalue weighted by Gasteiger charge is 2.42. The van der Waals surface area contributed by atoms with Crippen molar-refractivity contribution in [2.75, 3.05) is 20.8 Å².